The van der Waals surface area contributed by atoms with Gasteiger partial charge in [-0.3, -0.25) is 4.79 Å². The van der Waals surface area contributed by atoms with Crippen LogP contribution < -0.4 is 14.8 Å². The van der Waals surface area contributed by atoms with Gasteiger partial charge in [0.15, 0.2) is 0 Å². The number of halogens is 3. The Kier molecular flexibility index (Phi) is 10.6. The van der Waals surface area contributed by atoms with Gasteiger partial charge in [-0.15, -0.1) is 13.2 Å². The molecule has 2 aromatic carbocycles. The number of urea groups is 1. The van der Waals surface area contributed by atoms with Crippen LogP contribution >= 0.6 is 0 Å². The smallest absolute Gasteiger partial charge is 0.481 e. The van der Waals surface area contributed by atoms with Crippen LogP contribution in [0.25, 0.3) is 0 Å². The highest BCUT2D eigenvalue weighted by Crippen LogP contribution is 2.39. The Labute approximate surface area is 234 Å². The van der Waals surface area contributed by atoms with E-state index in [0.29, 0.717) is 16.5 Å². The fourth-order valence-corrected chi connectivity index (χ4v) is 5.64. The molecule has 1 fully saturated rings. The molecule has 12 heteroatoms. The van der Waals surface area contributed by atoms with Crippen LogP contribution in [0.4, 0.5) is 23.7 Å². The molecular weight excluding hydrogens is 547 g/mol. The van der Waals surface area contributed by atoms with E-state index in [-0.39, 0.29) is 42.7 Å². The maximum atomic E-state index is 13.5. The highest BCUT2D eigenvalue weighted by Gasteiger charge is 2.34. The number of alkyl halides is 3. The first kappa shape index (κ1) is 31.4. The molecule has 0 radical (unpaired) electrons. The van der Waals surface area contributed by atoms with E-state index in [1.807, 2.05) is 0 Å². The minimum atomic E-state index is -4.80. The standard InChI is InChI=1S/C28H36F3N3O5S/c1-27(2,3)20-6-10-22(11-7-20)34(26(37)33-21-8-12-23(13-9-21)39-28(29,30)31)18-19-4-14-24(15-5-19)40(38)32-17-16-25(35)36/h4-5,8-9,12-15,20,22,32H,6-7,10-11,16-18H2,1-3H3,(H,33,37)(H,35,36). The largest absolute Gasteiger partial charge is 0.573 e. The molecule has 1 aliphatic rings. The van der Waals surface area contributed by atoms with Crippen molar-refractivity contribution in [1.82, 2.24) is 9.62 Å². The number of ether oxygens (including phenoxy) is 1. The number of benzene rings is 2. The lowest BCUT2D eigenvalue weighted by molar-refractivity contribution is -0.274. The van der Waals surface area contributed by atoms with Gasteiger partial charge in [0.05, 0.1) is 11.3 Å². The van der Waals surface area contributed by atoms with Crippen molar-refractivity contribution in [3.63, 3.8) is 0 Å². The van der Waals surface area contributed by atoms with Gasteiger partial charge in [0.2, 0.25) is 0 Å². The number of aliphatic carboxylic acids is 1. The lowest BCUT2D eigenvalue weighted by Gasteiger charge is -2.41. The number of nitrogens with zero attached hydrogens (tertiary/aromatic N) is 1. The van der Waals surface area contributed by atoms with Gasteiger partial charge in [0.25, 0.3) is 0 Å². The van der Waals surface area contributed by atoms with Gasteiger partial charge in [-0.2, -0.15) is 0 Å². The SMILES string of the molecule is CC(C)(C)C1CCC(N(Cc2ccc(S(=O)NCCC(=O)O)cc2)C(=O)Nc2ccc(OC(F)(F)F)cc2)CC1. The summed E-state index contributed by atoms with van der Waals surface area (Å²) in [7, 11) is -1.57. The third-order valence-corrected chi connectivity index (χ3v) is 8.19. The summed E-state index contributed by atoms with van der Waals surface area (Å²) in [5.74, 6) is -0.823. The highest BCUT2D eigenvalue weighted by molar-refractivity contribution is 7.83. The zero-order chi connectivity index (χ0) is 29.5. The lowest BCUT2D eigenvalue weighted by atomic mass is 9.71. The molecule has 0 saturated heterocycles. The number of carboxylic acids is 1. The Balaban J connectivity index is 1.72. The second-order valence-electron chi connectivity index (χ2n) is 11.0. The maximum absolute atomic E-state index is 13.5. The van der Waals surface area contributed by atoms with E-state index >= 15 is 0 Å². The van der Waals surface area contributed by atoms with Gasteiger partial charge in [0.1, 0.15) is 16.7 Å². The quantitative estimate of drug-likeness (QED) is 0.304. The van der Waals surface area contributed by atoms with Crippen LogP contribution in [0, 0.1) is 11.3 Å². The molecule has 1 aliphatic carbocycles. The molecule has 8 nitrogen and oxygen atoms in total. The summed E-state index contributed by atoms with van der Waals surface area (Å²) in [4.78, 5) is 26.4. The number of anilines is 1. The van der Waals surface area contributed by atoms with Gasteiger partial charge in [-0.25, -0.2) is 13.7 Å². The van der Waals surface area contributed by atoms with Crippen LogP contribution in [0.15, 0.2) is 53.4 Å². The Hall–Kier alpha value is -3.12. The number of carbonyl (C=O) groups excluding carboxylic acids is 1. The van der Waals surface area contributed by atoms with E-state index < -0.39 is 23.3 Å². The summed E-state index contributed by atoms with van der Waals surface area (Å²) in [5, 5.41) is 11.5. The van der Waals surface area contributed by atoms with Gasteiger partial charge >= 0.3 is 18.4 Å². The van der Waals surface area contributed by atoms with Gasteiger partial charge in [0, 0.05) is 24.8 Å². The van der Waals surface area contributed by atoms with E-state index in [1.165, 1.54) is 12.1 Å². The first-order valence-corrected chi connectivity index (χ1v) is 14.3. The van der Waals surface area contributed by atoms with Crippen LogP contribution in [0.3, 0.4) is 0 Å². The van der Waals surface area contributed by atoms with Crippen LogP contribution in [0.2, 0.25) is 0 Å². The molecule has 3 N–H and O–H groups in total. The van der Waals surface area contributed by atoms with Crippen LogP contribution in [0.5, 0.6) is 5.75 Å². The average molecular weight is 584 g/mol. The number of nitrogens with one attached hydrogen (secondary N) is 2. The molecule has 1 unspecified atom stereocenters. The number of rotatable bonds is 10. The van der Waals surface area contributed by atoms with Gasteiger partial charge < -0.3 is 20.1 Å². The van der Waals surface area contributed by atoms with E-state index in [0.717, 1.165) is 43.4 Å². The number of hydrogen-bond donors (Lipinski definition) is 3. The van der Waals surface area contributed by atoms with Crippen LogP contribution in [0.1, 0.15) is 58.4 Å². The normalized spacial score (nSPS) is 18.6. The van der Waals surface area contributed by atoms with E-state index in [2.05, 4.69) is 35.5 Å². The topological polar surface area (TPSA) is 108 Å². The zero-order valence-electron chi connectivity index (χ0n) is 22.8. The number of amides is 2. The summed E-state index contributed by atoms with van der Waals surface area (Å²) in [6.07, 6.45) is -1.36. The Morgan fingerprint density at radius 1 is 1.00 bits per heavy atom. The van der Waals surface area contributed by atoms with Crippen molar-refractivity contribution in [2.75, 3.05) is 11.9 Å². The van der Waals surface area contributed by atoms with Crippen LogP contribution in [-0.4, -0.2) is 45.2 Å². The van der Waals surface area contributed by atoms with E-state index in [1.54, 1.807) is 29.2 Å². The highest BCUT2D eigenvalue weighted by atomic mass is 32.2. The lowest BCUT2D eigenvalue weighted by Crippen LogP contribution is -2.45. The second kappa shape index (κ2) is 13.5. The van der Waals surface area contributed by atoms with Crippen LogP contribution in [-0.2, 0) is 22.3 Å². The van der Waals surface area contributed by atoms with Crippen molar-refractivity contribution in [2.45, 2.75) is 76.7 Å². The zero-order valence-corrected chi connectivity index (χ0v) is 23.6. The fourth-order valence-electron chi connectivity index (χ4n) is 4.80. The number of hydrogen-bond acceptors (Lipinski definition) is 4. The molecule has 220 valence electrons. The second-order valence-corrected chi connectivity index (χ2v) is 12.2. The third-order valence-electron chi connectivity index (χ3n) is 7.02. The molecule has 0 aromatic heterocycles. The summed E-state index contributed by atoms with van der Waals surface area (Å²) in [5.41, 5.74) is 1.32. The van der Waals surface area contributed by atoms with Gasteiger partial charge in [-0.1, -0.05) is 32.9 Å². The minimum Gasteiger partial charge on any atom is -0.481 e. The predicted octanol–water partition coefficient (Wildman–Crippen LogP) is 6.31. The van der Waals surface area contributed by atoms with E-state index in [4.69, 9.17) is 5.11 Å². The molecule has 40 heavy (non-hydrogen) atoms. The fraction of sp³-hybridized carbons (Fsp3) is 0.500. The van der Waals surface area contributed by atoms with Crippen molar-refractivity contribution < 1.29 is 36.8 Å². The van der Waals surface area contributed by atoms with Crippen molar-refractivity contribution in [1.29, 1.82) is 0 Å². The Morgan fingerprint density at radius 2 is 1.60 bits per heavy atom. The van der Waals surface area contributed by atoms with Crippen molar-refractivity contribution >= 4 is 28.7 Å². The molecule has 0 heterocycles. The maximum Gasteiger partial charge on any atom is 0.573 e. The first-order chi connectivity index (χ1) is 18.7. The molecule has 0 spiro atoms. The number of carboxylic acid groups (broad SMARTS) is 1. The average Bonchev–Trinajstić information content (AvgIpc) is 2.87. The van der Waals surface area contributed by atoms with Gasteiger partial charge in [-0.05, 0) is 79.0 Å². The van der Waals surface area contributed by atoms with Crippen molar-refractivity contribution in [2.24, 2.45) is 11.3 Å². The molecule has 0 bridgehead atoms. The molecule has 1 saturated carbocycles. The minimum absolute atomic E-state index is 0.0297. The number of carbonyl (C=O) groups is 2. The first-order valence-electron chi connectivity index (χ1n) is 13.1. The monoisotopic (exact) mass is 583 g/mol. The van der Waals surface area contributed by atoms with Crippen molar-refractivity contribution in [3.05, 3.63) is 54.1 Å². The summed E-state index contributed by atoms with van der Waals surface area (Å²) < 4.78 is 56.4. The molecule has 1 atom stereocenters. The molecule has 0 aliphatic heterocycles. The molecule has 3 rings (SSSR count). The Bertz CT molecular complexity index is 1160. The molecule has 2 amide bonds. The third kappa shape index (κ3) is 9.81. The van der Waals surface area contributed by atoms with Crippen molar-refractivity contribution in [3.8, 4) is 5.75 Å². The summed E-state index contributed by atoms with van der Waals surface area (Å²) >= 11 is 0. The van der Waals surface area contributed by atoms with E-state index in [9.17, 15) is 27.0 Å². The summed E-state index contributed by atoms with van der Waals surface area (Å²) in [6, 6.07) is 11.5. The molecule has 2 aromatic rings. The summed E-state index contributed by atoms with van der Waals surface area (Å²) in [6.45, 7) is 7.01. The Morgan fingerprint density at radius 3 is 2.12 bits per heavy atom. The molecular formula is C28H36F3N3O5S. The predicted molar refractivity (Wildman–Crippen MR) is 146 cm³/mol.